The second kappa shape index (κ2) is 4.59. The third-order valence-electron chi connectivity index (χ3n) is 2.24. The zero-order chi connectivity index (χ0) is 10.6. The van der Waals surface area contributed by atoms with Crippen molar-refractivity contribution in [3.05, 3.63) is 0 Å². The van der Waals surface area contributed by atoms with Crippen LogP contribution in [0.15, 0.2) is 0 Å². The van der Waals surface area contributed by atoms with Gasteiger partial charge in [0, 0.05) is 13.7 Å². The van der Waals surface area contributed by atoms with Gasteiger partial charge in [0.05, 0.1) is 19.3 Å². The van der Waals surface area contributed by atoms with Crippen LogP contribution in [-0.2, 0) is 9.47 Å². The Bertz CT molecular complexity index is 206. The molecule has 0 aromatic carbocycles. The molecule has 0 aromatic rings. The molecule has 1 aliphatic rings. The van der Waals surface area contributed by atoms with Crippen LogP contribution in [0.4, 0.5) is 4.79 Å². The van der Waals surface area contributed by atoms with Gasteiger partial charge in [-0.1, -0.05) is 0 Å². The summed E-state index contributed by atoms with van der Waals surface area (Å²) in [4.78, 5) is 10.5. The summed E-state index contributed by atoms with van der Waals surface area (Å²) in [6.45, 7) is 0.584. The number of rotatable bonds is 3. The van der Waals surface area contributed by atoms with E-state index in [9.17, 15) is 9.90 Å². The van der Waals surface area contributed by atoms with Crippen LogP contribution in [0.5, 0.6) is 0 Å². The van der Waals surface area contributed by atoms with E-state index < -0.39 is 17.7 Å². The molecule has 1 rings (SSSR count). The molecule has 14 heavy (non-hydrogen) atoms. The number of carboxylic acid groups (broad SMARTS) is 1. The number of hydrogen-bond acceptors (Lipinski definition) is 4. The average Bonchev–Trinajstić information content (AvgIpc) is 2.09. The van der Waals surface area contributed by atoms with Gasteiger partial charge in [-0.25, -0.2) is 4.79 Å². The Morgan fingerprint density at radius 3 is 3.07 bits per heavy atom. The summed E-state index contributed by atoms with van der Waals surface area (Å²) in [7, 11) is 1.45. The number of nitrogens with one attached hydrogen (secondary N) is 1. The quantitative estimate of drug-likeness (QED) is 0.573. The second-order valence-electron chi connectivity index (χ2n) is 3.38. The lowest BCUT2D eigenvalue weighted by molar-refractivity contribution is -0.135. The maximum atomic E-state index is 10.5. The molecule has 1 saturated heterocycles. The molecule has 6 nitrogen and oxygen atoms in total. The smallest absolute Gasteiger partial charge is 0.404 e. The molecule has 0 saturated carbocycles. The van der Waals surface area contributed by atoms with Crippen LogP contribution in [0.3, 0.4) is 0 Å². The molecule has 3 N–H and O–H groups in total. The number of carbonyl (C=O) groups is 1. The Morgan fingerprint density at radius 2 is 2.50 bits per heavy atom. The highest BCUT2D eigenvalue weighted by atomic mass is 16.5. The first-order chi connectivity index (χ1) is 6.58. The van der Waals surface area contributed by atoms with Gasteiger partial charge in [0.15, 0.2) is 0 Å². The molecule has 0 spiro atoms. The summed E-state index contributed by atoms with van der Waals surface area (Å²) in [5, 5.41) is 20.8. The van der Waals surface area contributed by atoms with Crippen molar-refractivity contribution in [2.45, 2.75) is 18.1 Å². The molecule has 1 amide bonds. The normalized spacial score (nSPS) is 32.6. The van der Waals surface area contributed by atoms with Gasteiger partial charge in [0.1, 0.15) is 5.60 Å². The molecule has 1 heterocycles. The standard InChI is InChI=1S/C8H15NO5/c1-13-4-8(12)5-14-3-2-6(8)9-7(10)11/h6,9,12H,2-5H2,1H3,(H,10,11). The van der Waals surface area contributed by atoms with E-state index in [4.69, 9.17) is 14.6 Å². The highest BCUT2D eigenvalue weighted by Crippen LogP contribution is 2.20. The molecule has 0 bridgehead atoms. The average molecular weight is 205 g/mol. The monoisotopic (exact) mass is 205 g/mol. The highest BCUT2D eigenvalue weighted by Gasteiger charge is 2.40. The molecule has 0 aromatic heterocycles. The van der Waals surface area contributed by atoms with Crippen LogP contribution in [-0.4, -0.2) is 54.9 Å². The van der Waals surface area contributed by atoms with Gasteiger partial charge in [0.2, 0.25) is 0 Å². The van der Waals surface area contributed by atoms with Crippen LogP contribution >= 0.6 is 0 Å². The van der Waals surface area contributed by atoms with Crippen molar-refractivity contribution in [3.8, 4) is 0 Å². The fourth-order valence-corrected chi connectivity index (χ4v) is 1.57. The fourth-order valence-electron chi connectivity index (χ4n) is 1.57. The van der Waals surface area contributed by atoms with Gasteiger partial charge in [0.25, 0.3) is 0 Å². The van der Waals surface area contributed by atoms with Crippen molar-refractivity contribution in [1.29, 1.82) is 0 Å². The fraction of sp³-hybridized carbons (Fsp3) is 0.875. The summed E-state index contributed by atoms with van der Waals surface area (Å²) >= 11 is 0. The number of ether oxygens (including phenoxy) is 2. The molecule has 0 radical (unpaired) electrons. The SMILES string of the molecule is COCC1(O)COCCC1NC(=O)O. The topological polar surface area (TPSA) is 88.0 Å². The van der Waals surface area contributed by atoms with Gasteiger partial charge in [-0.15, -0.1) is 0 Å². The minimum Gasteiger partial charge on any atom is -0.465 e. The van der Waals surface area contributed by atoms with Crippen LogP contribution in [0.2, 0.25) is 0 Å². The first-order valence-electron chi connectivity index (χ1n) is 4.37. The van der Waals surface area contributed by atoms with E-state index in [1.165, 1.54) is 7.11 Å². The predicted molar refractivity (Wildman–Crippen MR) is 47.2 cm³/mol. The van der Waals surface area contributed by atoms with Crippen molar-refractivity contribution in [1.82, 2.24) is 5.32 Å². The summed E-state index contributed by atoms with van der Waals surface area (Å²) in [6, 6.07) is -0.534. The third kappa shape index (κ3) is 2.57. The van der Waals surface area contributed by atoms with E-state index in [2.05, 4.69) is 5.32 Å². The number of hydrogen-bond donors (Lipinski definition) is 3. The van der Waals surface area contributed by atoms with E-state index in [1.807, 2.05) is 0 Å². The first kappa shape index (κ1) is 11.2. The molecule has 2 atom stereocenters. The van der Waals surface area contributed by atoms with Crippen LogP contribution in [0.25, 0.3) is 0 Å². The summed E-state index contributed by atoms with van der Waals surface area (Å²) in [5.41, 5.74) is -1.26. The molecule has 0 aliphatic carbocycles. The zero-order valence-electron chi connectivity index (χ0n) is 8.02. The van der Waals surface area contributed by atoms with Crippen molar-refractivity contribution >= 4 is 6.09 Å². The molecule has 6 heteroatoms. The number of aliphatic hydroxyl groups is 1. The summed E-state index contributed by atoms with van der Waals surface area (Å²) in [6.07, 6.45) is -0.696. The van der Waals surface area contributed by atoms with Crippen LogP contribution in [0, 0.1) is 0 Å². The van der Waals surface area contributed by atoms with E-state index in [1.54, 1.807) is 0 Å². The zero-order valence-corrected chi connectivity index (χ0v) is 8.02. The van der Waals surface area contributed by atoms with Crippen molar-refractivity contribution in [2.24, 2.45) is 0 Å². The lowest BCUT2D eigenvalue weighted by atomic mass is 9.91. The van der Waals surface area contributed by atoms with Crippen molar-refractivity contribution in [2.75, 3.05) is 26.9 Å². The number of methoxy groups -OCH3 is 1. The Morgan fingerprint density at radius 1 is 1.79 bits per heavy atom. The van der Waals surface area contributed by atoms with Crippen LogP contribution < -0.4 is 5.32 Å². The van der Waals surface area contributed by atoms with E-state index in [0.717, 1.165) is 0 Å². The Balaban J connectivity index is 2.62. The minimum atomic E-state index is -1.26. The summed E-state index contributed by atoms with van der Waals surface area (Å²) < 4.78 is 9.92. The highest BCUT2D eigenvalue weighted by molar-refractivity contribution is 5.65. The van der Waals surface area contributed by atoms with Gasteiger partial charge < -0.3 is 25.0 Å². The third-order valence-corrected chi connectivity index (χ3v) is 2.24. The Hall–Kier alpha value is -0.850. The molecule has 82 valence electrons. The second-order valence-corrected chi connectivity index (χ2v) is 3.38. The molecular formula is C8H15NO5. The Kier molecular flexibility index (Phi) is 3.68. The number of amides is 1. The lowest BCUT2D eigenvalue weighted by Crippen LogP contribution is -2.60. The lowest BCUT2D eigenvalue weighted by Gasteiger charge is -2.38. The molecule has 1 aliphatic heterocycles. The summed E-state index contributed by atoms with van der Waals surface area (Å²) in [5.74, 6) is 0. The largest absolute Gasteiger partial charge is 0.465 e. The van der Waals surface area contributed by atoms with Gasteiger partial charge >= 0.3 is 6.09 Å². The maximum Gasteiger partial charge on any atom is 0.404 e. The molecule has 2 unspecified atom stereocenters. The molecular weight excluding hydrogens is 190 g/mol. The van der Waals surface area contributed by atoms with Gasteiger partial charge in [-0.05, 0) is 6.42 Å². The maximum absolute atomic E-state index is 10.5. The van der Waals surface area contributed by atoms with E-state index >= 15 is 0 Å². The van der Waals surface area contributed by atoms with Crippen LogP contribution in [0.1, 0.15) is 6.42 Å². The Labute approximate surface area is 81.8 Å². The van der Waals surface area contributed by atoms with E-state index in [-0.39, 0.29) is 13.2 Å². The van der Waals surface area contributed by atoms with Crippen molar-refractivity contribution in [3.63, 3.8) is 0 Å². The molecule has 1 fully saturated rings. The van der Waals surface area contributed by atoms with E-state index in [0.29, 0.717) is 13.0 Å². The predicted octanol–water partition coefficient (Wildman–Crippen LogP) is -0.580. The van der Waals surface area contributed by atoms with Crippen molar-refractivity contribution < 1.29 is 24.5 Å². The first-order valence-corrected chi connectivity index (χ1v) is 4.37. The van der Waals surface area contributed by atoms with Gasteiger partial charge in [-0.2, -0.15) is 0 Å². The van der Waals surface area contributed by atoms with Gasteiger partial charge in [-0.3, -0.25) is 0 Å². The minimum absolute atomic E-state index is 0.0535.